The summed E-state index contributed by atoms with van der Waals surface area (Å²) in [5.74, 6) is 0.847. The zero-order valence-corrected chi connectivity index (χ0v) is 17.8. The molecule has 0 radical (unpaired) electrons. The molecule has 0 saturated carbocycles. The number of aromatic amines is 1. The average molecular weight is 429 g/mol. The van der Waals surface area contributed by atoms with Gasteiger partial charge in [-0.2, -0.15) is 4.98 Å². The number of rotatable bonds is 4. The minimum absolute atomic E-state index is 0.0170. The summed E-state index contributed by atoms with van der Waals surface area (Å²) in [4.78, 5) is 26.7. The van der Waals surface area contributed by atoms with Gasteiger partial charge in [0, 0.05) is 25.0 Å². The van der Waals surface area contributed by atoms with Gasteiger partial charge in [0.25, 0.3) is 0 Å². The van der Waals surface area contributed by atoms with E-state index in [2.05, 4.69) is 44.3 Å². The predicted octanol–water partition coefficient (Wildman–Crippen LogP) is 2.33. The van der Waals surface area contributed by atoms with Gasteiger partial charge in [-0.25, -0.2) is 14.3 Å². The second kappa shape index (κ2) is 7.93. The first-order valence-corrected chi connectivity index (χ1v) is 10.3. The maximum atomic E-state index is 12.8. The molecule has 1 aliphatic rings. The van der Waals surface area contributed by atoms with Gasteiger partial charge in [-0.15, -0.1) is 0 Å². The van der Waals surface area contributed by atoms with E-state index in [-0.39, 0.29) is 5.49 Å². The lowest BCUT2D eigenvalue weighted by molar-refractivity contribution is 0.313. The Balaban J connectivity index is 1.52. The van der Waals surface area contributed by atoms with Gasteiger partial charge in [0.15, 0.2) is 5.65 Å². The van der Waals surface area contributed by atoms with Crippen LogP contribution in [0.1, 0.15) is 11.1 Å². The van der Waals surface area contributed by atoms with Crippen LogP contribution in [0.4, 0.5) is 11.6 Å². The van der Waals surface area contributed by atoms with E-state index in [1.165, 1.54) is 22.8 Å². The minimum Gasteiger partial charge on any atom is -0.495 e. The number of H-pyrrole nitrogens is 1. The summed E-state index contributed by atoms with van der Waals surface area (Å²) >= 11 is 0. The van der Waals surface area contributed by atoms with Gasteiger partial charge in [0.2, 0.25) is 5.95 Å². The third kappa shape index (κ3) is 3.52. The number of nitrogens with one attached hydrogen (secondary N) is 3. The van der Waals surface area contributed by atoms with Crippen LogP contribution in [0.15, 0.2) is 53.5 Å². The zero-order chi connectivity index (χ0) is 22.2. The van der Waals surface area contributed by atoms with E-state index in [0.717, 1.165) is 25.2 Å². The number of aromatic nitrogens is 4. The SMILES string of the molecule is COc1ccccc1-n1c(=O)[nH]c2nc(Nc3ccc4c(c3)CN(C)CC4)ncc2c1=N. The van der Waals surface area contributed by atoms with Gasteiger partial charge in [-0.3, -0.25) is 10.4 Å². The van der Waals surface area contributed by atoms with Crippen molar-refractivity contribution in [1.29, 1.82) is 5.41 Å². The molecule has 0 bridgehead atoms. The molecule has 0 amide bonds. The Morgan fingerprint density at radius 1 is 1.19 bits per heavy atom. The third-order valence-corrected chi connectivity index (χ3v) is 5.69. The normalized spacial score (nSPS) is 13.7. The van der Waals surface area contributed by atoms with Gasteiger partial charge in [-0.1, -0.05) is 18.2 Å². The van der Waals surface area contributed by atoms with Crippen molar-refractivity contribution in [2.24, 2.45) is 0 Å². The van der Waals surface area contributed by atoms with Crippen molar-refractivity contribution in [1.82, 2.24) is 24.4 Å². The fourth-order valence-electron chi connectivity index (χ4n) is 4.04. The van der Waals surface area contributed by atoms with E-state index in [0.29, 0.717) is 28.4 Å². The number of fused-ring (bicyclic) bond motifs is 2. The summed E-state index contributed by atoms with van der Waals surface area (Å²) in [7, 11) is 3.64. The highest BCUT2D eigenvalue weighted by Gasteiger charge is 2.15. The Labute approximate surface area is 183 Å². The lowest BCUT2D eigenvalue weighted by atomic mass is 9.99. The molecule has 4 aromatic rings. The molecule has 5 rings (SSSR count). The first-order valence-electron chi connectivity index (χ1n) is 10.3. The van der Waals surface area contributed by atoms with Gasteiger partial charge < -0.3 is 15.0 Å². The first-order chi connectivity index (χ1) is 15.5. The summed E-state index contributed by atoms with van der Waals surface area (Å²) < 4.78 is 6.60. The molecule has 2 aromatic heterocycles. The van der Waals surface area contributed by atoms with Gasteiger partial charge in [0.05, 0.1) is 18.2 Å². The van der Waals surface area contributed by atoms with Crippen molar-refractivity contribution < 1.29 is 4.74 Å². The number of nitrogens with zero attached hydrogens (tertiary/aromatic N) is 4. The van der Waals surface area contributed by atoms with E-state index in [9.17, 15) is 4.79 Å². The van der Waals surface area contributed by atoms with Crippen LogP contribution in [0, 0.1) is 5.41 Å². The highest BCUT2D eigenvalue weighted by Crippen LogP contribution is 2.24. The molecule has 2 aromatic carbocycles. The van der Waals surface area contributed by atoms with Crippen LogP contribution in [0.25, 0.3) is 16.7 Å². The highest BCUT2D eigenvalue weighted by atomic mass is 16.5. The van der Waals surface area contributed by atoms with Crippen molar-refractivity contribution in [2.75, 3.05) is 26.0 Å². The van der Waals surface area contributed by atoms with E-state index < -0.39 is 5.69 Å². The van der Waals surface area contributed by atoms with Crippen LogP contribution in [-0.2, 0) is 13.0 Å². The Morgan fingerprint density at radius 3 is 2.88 bits per heavy atom. The fraction of sp³-hybridized carbons (Fsp3) is 0.217. The number of methoxy groups -OCH3 is 1. The lowest BCUT2D eigenvalue weighted by Crippen LogP contribution is -2.34. The summed E-state index contributed by atoms with van der Waals surface area (Å²) in [6, 6.07) is 13.3. The third-order valence-electron chi connectivity index (χ3n) is 5.69. The van der Waals surface area contributed by atoms with Crippen LogP contribution < -0.4 is 21.2 Å². The van der Waals surface area contributed by atoms with Gasteiger partial charge in [0.1, 0.15) is 11.2 Å². The molecule has 9 heteroatoms. The second-order valence-corrected chi connectivity index (χ2v) is 7.84. The second-order valence-electron chi connectivity index (χ2n) is 7.84. The molecule has 0 saturated heterocycles. The van der Waals surface area contributed by atoms with Gasteiger partial charge >= 0.3 is 5.69 Å². The average Bonchev–Trinajstić information content (AvgIpc) is 2.79. The molecular weight excluding hydrogens is 406 g/mol. The fourth-order valence-corrected chi connectivity index (χ4v) is 4.04. The number of ether oxygens (including phenoxy) is 1. The largest absolute Gasteiger partial charge is 0.495 e. The number of benzene rings is 2. The van der Waals surface area contributed by atoms with E-state index >= 15 is 0 Å². The molecule has 0 spiro atoms. The molecule has 0 atom stereocenters. The Morgan fingerprint density at radius 2 is 2.03 bits per heavy atom. The minimum atomic E-state index is -0.478. The van der Waals surface area contributed by atoms with Crippen LogP contribution in [0.2, 0.25) is 0 Å². The molecule has 0 fully saturated rings. The van der Waals surface area contributed by atoms with E-state index in [1.54, 1.807) is 24.4 Å². The number of para-hydroxylation sites is 2. The quantitative estimate of drug-likeness (QED) is 0.459. The molecule has 0 aliphatic carbocycles. The summed E-state index contributed by atoms with van der Waals surface area (Å²) in [5.41, 5.74) is 3.80. The predicted molar refractivity (Wildman–Crippen MR) is 122 cm³/mol. The lowest BCUT2D eigenvalue weighted by Gasteiger charge is -2.25. The van der Waals surface area contributed by atoms with Crippen molar-refractivity contribution >= 4 is 22.7 Å². The van der Waals surface area contributed by atoms with Crippen molar-refractivity contribution in [3.05, 3.63) is 75.8 Å². The summed E-state index contributed by atoms with van der Waals surface area (Å²) in [5, 5.41) is 12.2. The molecule has 162 valence electrons. The zero-order valence-electron chi connectivity index (χ0n) is 17.8. The van der Waals surface area contributed by atoms with E-state index in [4.69, 9.17) is 10.1 Å². The number of likely N-dealkylation sites (N-methyl/N-ethyl adjacent to an activating group) is 1. The van der Waals surface area contributed by atoms with Crippen LogP contribution >= 0.6 is 0 Å². The van der Waals surface area contributed by atoms with Gasteiger partial charge in [-0.05, 0) is 48.9 Å². The van der Waals surface area contributed by atoms with E-state index in [1.807, 2.05) is 12.1 Å². The maximum absolute atomic E-state index is 12.8. The van der Waals surface area contributed by atoms with Crippen LogP contribution in [-0.4, -0.2) is 45.1 Å². The smallest absolute Gasteiger partial charge is 0.333 e. The summed E-state index contributed by atoms with van der Waals surface area (Å²) in [6.45, 7) is 1.97. The molecule has 3 heterocycles. The van der Waals surface area contributed by atoms with Crippen LogP contribution in [0.3, 0.4) is 0 Å². The Bertz CT molecular complexity index is 1440. The highest BCUT2D eigenvalue weighted by molar-refractivity contribution is 5.74. The summed E-state index contributed by atoms with van der Waals surface area (Å²) in [6.07, 6.45) is 2.58. The maximum Gasteiger partial charge on any atom is 0.333 e. The molecule has 9 nitrogen and oxygen atoms in total. The number of anilines is 2. The van der Waals surface area contributed by atoms with Crippen molar-refractivity contribution in [3.8, 4) is 11.4 Å². The van der Waals surface area contributed by atoms with Crippen molar-refractivity contribution in [2.45, 2.75) is 13.0 Å². The molecular formula is C23H23N7O2. The number of hydrogen-bond acceptors (Lipinski definition) is 7. The van der Waals surface area contributed by atoms with Crippen LogP contribution in [0.5, 0.6) is 5.75 Å². The standard InChI is InChI=1S/C23H23N7O2/c1-29-10-9-14-7-8-16(11-15(14)13-29)26-22-25-12-17-20(24)30(23(31)28-21(17)27-22)18-5-3-4-6-19(18)32-2/h3-8,11-12,24H,9-10,13H2,1-2H3,(H2,25,26,27,28,31). The Kier molecular flexibility index (Phi) is 4.95. The molecule has 3 N–H and O–H groups in total. The Hall–Kier alpha value is -3.98. The molecule has 0 unspecified atom stereocenters. The first kappa shape index (κ1) is 20.0. The van der Waals surface area contributed by atoms with Crippen molar-refractivity contribution in [3.63, 3.8) is 0 Å². The molecule has 32 heavy (non-hydrogen) atoms. The number of hydrogen-bond donors (Lipinski definition) is 3. The molecule has 1 aliphatic heterocycles. The topological polar surface area (TPSA) is 112 Å². The monoisotopic (exact) mass is 429 g/mol.